The van der Waals surface area contributed by atoms with Crippen molar-refractivity contribution >= 4 is 34.0 Å². The van der Waals surface area contributed by atoms with Crippen molar-refractivity contribution in [3.8, 4) is 16.5 Å². The molecule has 5 aromatic rings. The summed E-state index contributed by atoms with van der Waals surface area (Å²) in [6.45, 7) is 3.48. The van der Waals surface area contributed by atoms with E-state index in [1.54, 1.807) is 26.1 Å². The predicted molar refractivity (Wildman–Crippen MR) is 121 cm³/mol. The van der Waals surface area contributed by atoms with E-state index >= 15 is 0 Å². The van der Waals surface area contributed by atoms with Crippen LogP contribution in [-0.4, -0.2) is 30.6 Å². The molecule has 0 unspecified atom stereocenters. The summed E-state index contributed by atoms with van der Waals surface area (Å²) in [7, 11) is 0. The Morgan fingerprint density at radius 2 is 2.00 bits per heavy atom. The number of thiophene rings is 1. The third-order valence-corrected chi connectivity index (χ3v) is 6.03. The molecule has 4 heterocycles. The van der Waals surface area contributed by atoms with Crippen molar-refractivity contribution in [3.63, 3.8) is 0 Å². The summed E-state index contributed by atoms with van der Waals surface area (Å²) in [4.78, 5) is 36.7. The second-order valence-corrected chi connectivity index (χ2v) is 8.05. The Balaban J connectivity index is 1.60. The number of nitrogens with one attached hydrogen (secondary N) is 3. The van der Waals surface area contributed by atoms with E-state index in [1.165, 1.54) is 16.0 Å². The molecule has 154 valence electrons. The highest BCUT2D eigenvalue weighted by atomic mass is 32.1. The normalized spacial score (nSPS) is 11.2. The van der Waals surface area contributed by atoms with E-state index in [4.69, 9.17) is 0 Å². The number of aryl methyl sites for hydroxylation is 1. The third kappa shape index (κ3) is 3.34. The van der Waals surface area contributed by atoms with Gasteiger partial charge in [-0.15, -0.1) is 11.3 Å². The van der Waals surface area contributed by atoms with E-state index < -0.39 is 0 Å². The number of rotatable bonds is 4. The number of benzene rings is 1. The first-order valence-corrected chi connectivity index (χ1v) is 10.5. The molecule has 0 bridgehead atoms. The zero-order valence-electron chi connectivity index (χ0n) is 16.8. The number of hydrogen-bond acceptors (Lipinski definition) is 5. The first-order valence-electron chi connectivity index (χ1n) is 9.60. The summed E-state index contributed by atoms with van der Waals surface area (Å²) < 4.78 is 1.45. The van der Waals surface area contributed by atoms with E-state index in [0.29, 0.717) is 28.3 Å². The molecular formula is C22H18N6O2S. The molecule has 31 heavy (non-hydrogen) atoms. The van der Waals surface area contributed by atoms with Crippen molar-refractivity contribution in [1.82, 2.24) is 24.7 Å². The van der Waals surface area contributed by atoms with E-state index in [-0.39, 0.29) is 17.4 Å². The minimum atomic E-state index is -0.289. The summed E-state index contributed by atoms with van der Waals surface area (Å²) in [5.41, 5.74) is 2.96. The Hall–Kier alpha value is -3.98. The fourth-order valence-corrected chi connectivity index (χ4v) is 4.03. The van der Waals surface area contributed by atoms with Gasteiger partial charge >= 0.3 is 0 Å². The molecule has 0 spiro atoms. The van der Waals surface area contributed by atoms with Gasteiger partial charge in [0.25, 0.3) is 11.5 Å². The first kappa shape index (κ1) is 19.0. The number of carbonyl (C=O) groups excluding carboxylic acids is 1. The standard InChI is InChI=1S/C22H18N6O2S/c1-12-13(2)24-22(26-20(12)29)28-19(10-17(27-28)18-8-5-9-31-18)25-21(30)15-11-23-16-7-4-3-6-14(15)16/h3-11,23H,1-2H3,(H,25,30)(H,24,26,29). The molecule has 0 atom stereocenters. The highest BCUT2D eigenvalue weighted by Crippen LogP contribution is 2.28. The molecule has 0 aliphatic rings. The highest BCUT2D eigenvalue weighted by Gasteiger charge is 2.19. The molecule has 3 N–H and O–H groups in total. The second-order valence-electron chi connectivity index (χ2n) is 7.11. The number of aromatic amines is 2. The molecule has 0 saturated heterocycles. The number of carbonyl (C=O) groups is 1. The number of H-pyrrole nitrogens is 2. The van der Waals surface area contributed by atoms with Gasteiger partial charge < -0.3 is 10.3 Å². The summed E-state index contributed by atoms with van der Waals surface area (Å²) in [6, 6.07) is 13.2. The lowest BCUT2D eigenvalue weighted by atomic mass is 10.1. The number of nitrogens with zero attached hydrogens (tertiary/aromatic N) is 3. The van der Waals surface area contributed by atoms with Crippen molar-refractivity contribution in [2.24, 2.45) is 0 Å². The van der Waals surface area contributed by atoms with E-state index in [0.717, 1.165) is 15.8 Å². The van der Waals surface area contributed by atoms with Crippen molar-refractivity contribution < 1.29 is 4.79 Å². The summed E-state index contributed by atoms with van der Waals surface area (Å²) in [5, 5.41) is 10.3. The molecule has 0 fully saturated rings. The van der Waals surface area contributed by atoms with Crippen LogP contribution < -0.4 is 10.9 Å². The molecule has 0 radical (unpaired) electrons. The summed E-state index contributed by atoms with van der Waals surface area (Å²) in [5.74, 6) is 0.359. The van der Waals surface area contributed by atoms with Crippen molar-refractivity contribution in [3.05, 3.63) is 81.2 Å². The van der Waals surface area contributed by atoms with Gasteiger partial charge in [0.05, 0.1) is 10.4 Å². The molecular weight excluding hydrogens is 412 g/mol. The number of hydrogen-bond donors (Lipinski definition) is 3. The van der Waals surface area contributed by atoms with Crippen molar-refractivity contribution in [1.29, 1.82) is 0 Å². The zero-order chi connectivity index (χ0) is 21.5. The number of aromatic nitrogens is 5. The molecule has 1 aromatic carbocycles. The van der Waals surface area contributed by atoms with Gasteiger partial charge in [0.15, 0.2) is 0 Å². The van der Waals surface area contributed by atoms with Crippen molar-refractivity contribution in [2.45, 2.75) is 13.8 Å². The van der Waals surface area contributed by atoms with Gasteiger partial charge in [0, 0.05) is 34.4 Å². The van der Waals surface area contributed by atoms with E-state index in [2.05, 4.69) is 25.4 Å². The Morgan fingerprint density at radius 1 is 1.16 bits per heavy atom. The molecule has 8 nitrogen and oxygen atoms in total. The van der Waals surface area contributed by atoms with Crippen LogP contribution in [0.1, 0.15) is 21.6 Å². The van der Waals surface area contributed by atoms with Crippen LogP contribution in [0.4, 0.5) is 5.82 Å². The zero-order valence-corrected chi connectivity index (χ0v) is 17.6. The number of amides is 1. The molecule has 4 aromatic heterocycles. The van der Waals surface area contributed by atoms with Crippen LogP contribution in [-0.2, 0) is 0 Å². The minimum Gasteiger partial charge on any atom is -0.360 e. The molecule has 9 heteroatoms. The molecule has 0 saturated carbocycles. The van der Waals surface area contributed by atoms with Crippen LogP contribution in [0, 0.1) is 13.8 Å². The van der Waals surface area contributed by atoms with Gasteiger partial charge in [-0.3, -0.25) is 14.6 Å². The predicted octanol–water partition coefficient (Wildman–Crippen LogP) is 4.03. The fourth-order valence-electron chi connectivity index (χ4n) is 3.35. The quantitative estimate of drug-likeness (QED) is 0.400. The molecule has 0 aliphatic carbocycles. The van der Waals surface area contributed by atoms with Crippen LogP contribution in [0.3, 0.4) is 0 Å². The summed E-state index contributed by atoms with van der Waals surface area (Å²) in [6.07, 6.45) is 1.68. The van der Waals surface area contributed by atoms with Crippen LogP contribution in [0.25, 0.3) is 27.4 Å². The Labute approximate surface area is 180 Å². The fraction of sp³-hybridized carbons (Fsp3) is 0.0909. The van der Waals surface area contributed by atoms with Gasteiger partial charge in [-0.1, -0.05) is 24.3 Å². The first-order chi connectivity index (χ1) is 15.0. The number of anilines is 1. The average Bonchev–Trinajstić information content (AvgIpc) is 3.50. The average molecular weight is 430 g/mol. The molecule has 1 amide bonds. The van der Waals surface area contributed by atoms with Gasteiger partial charge in [0.2, 0.25) is 5.95 Å². The maximum absolute atomic E-state index is 13.1. The lowest BCUT2D eigenvalue weighted by Gasteiger charge is -2.09. The van der Waals surface area contributed by atoms with Gasteiger partial charge in [0.1, 0.15) is 11.5 Å². The third-order valence-electron chi connectivity index (χ3n) is 5.14. The second kappa shape index (κ2) is 7.37. The van der Waals surface area contributed by atoms with Gasteiger partial charge in [-0.2, -0.15) is 9.78 Å². The Morgan fingerprint density at radius 3 is 2.77 bits per heavy atom. The van der Waals surface area contributed by atoms with Crippen LogP contribution in [0.5, 0.6) is 0 Å². The van der Waals surface area contributed by atoms with Crippen LogP contribution in [0.15, 0.2) is 58.8 Å². The maximum atomic E-state index is 13.1. The number of fused-ring (bicyclic) bond motifs is 1. The summed E-state index contributed by atoms with van der Waals surface area (Å²) >= 11 is 1.53. The lowest BCUT2D eigenvalue weighted by molar-refractivity contribution is 0.102. The van der Waals surface area contributed by atoms with Gasteiger partial charge in [-0.05, 0) is 31.4 Å². The Bertz CT molecular complexity index is 1480. The van der Waals surface area contributed by atoms with E-state index in [9.17, 15) is 9.59 Å². The Kier molecular flexibility index (Phi) is 4.52. The van der Waals surface area contributed by atoms with Crippen LogP contribution in [0.2, 0.25) is 0 Å². The SMILES string of the molecule is Cc1nc(-n2nc(-c3cccs3)cc2NC(=O)c2c[nH]c3ccccc23)[nH]c(=O)c1C. The van der Waals surface area contributed by atoms with E-state index in [1.807, 2.05) is 41.8 Å². The topological polar surface area (TPSA) is 108 Å². The molecule has 0 aliphatic heterocycles. The van der Waals surface area contributed by atoms with Crippen molar-refractivity contribution in [2.75, 3.05) is 5.32 Å². The molecule has 5 rings (SSSR count). The maximum Gasteiger partial charge on any atom is 0.258 e. The lowest BCUT2D eigenvalue weighted by Crippen LogP contribution is -2.20. The smallest absolute Gasteiger partial charge is 0.258 e. The van der Waals surface area contributed by atoms with Gasteiger partial charge in [-0.25, -0.2) is 4.98 Å². The minimum absolute atomic E-state index is 0.241. The monoisotopic (exact) mass is 430 g/mol. The highest BCUT2D eigenvalue weighted by molar-refractivity contribution is 7.13. The number of para-hydroxylation sites is 1. The van der Waals surface area contributed by atoms with Crippen LogP contribution >= 0.6 is 11.3 Å². The largest absolute Gasteiger partial charge is 0.360 e.